The molecule has 0 aliphatic rings. The van der Waals surface area contributed by atoms with Crippen LogP contribution in [0.25, 0.3) is 44.4 Å². The normalized spacial score (nSPS) is 12.3. The number of rotatable bonds is 7. The predicted molar refractivity (Wildman–Crippen MR) is 178 cm³/mol. The van der Waals surface area contributed by atoms with Gasteiger partial charge < -0.3 is 0 Å². The van der Waals surface area contributed by atoms with Gasteiger partial charge in [0.2, 0.25) is 0 Å². The number of hydrogen-bond acceptors (Lipinski definition) is 5. The highest BCUT2D eigenvalue weighted by Gasteiger charge is 2.28. The van der Waals surface area contributed by atoms with Crippen molar-refractivity contribution in [3.8, 4) is 45.6 Å². The minimum Gasteiger partial charge on any atom is -0.298 e. The van der Waals surface area contributed by atoms with Crippen LogP contribution in [0.15, 0.2) is 102 Å². The monoisotopic (exact) mass is 664 g/mol. The first-order valence-electron chi connectivity index (χ1n) is 13.7. The van der Waals surface area contributed by atoms with Gasteiger partial charge in [0, 0.05) is 50.6 Å². The van der Waals surface area contributed by atoms with E-state index >= 15 is 0 Å². The van der Waals surface area contributed by atoms with E-state index in [1.54, 1.807) is 48.5 Å². The van der Waals surface area contributed by atoms with Crippen LogP contribution in [-0.4, -0.2) is 19.5 Å². The number of aromatic nitrogens is 2. The van der Waals surface area contributed by atoms with Gasteiger partial charge >= 0.3 is 0 Å². The summed E-state index contributed by atoms with van der Waals surface area (Å²) < 4.78 is 45.0. The Labute approximate surface area is 272 Å². The number of hydrogen-bond donors (Lipinski definition) is 0. The zero-order valence-corrected chi connectivity index (χ0v) is 26.3. The first-order chi connectivity index (χ1) is 22.2. The van der Waals surface area contributed by atoms with Crippen molar-refractivity contribution in [1.29, 1.82) is 10.5 Å². The topological polar surface area (TPSA) is 99.5 Å². The molecule has 6 rings (SSSR count). The second kappa shape index (κ2) is 12.7. The molecule has 3 unspecified atom stereocenters. The number of nitriles is 2. The van der Waals surface area contributed by atoms with Crippen molar-refractivity contribution in [2.75, 3.05) is 0 Å². The first kappa shape index (κ1) is 31.0. The van der Waals surface area contributed by atoms with E-state index in [4.69, 9.17) is 11.6 Å². The molecule has 0 fully saturated rings. The molecule has 3 atom stereocenters. The van der Waals surface area contributed by atoms with E-state index in [9.17, 15) is 28.3 Å². The Morgan fingerprint density at radius 1 is 0.913 bits per heavy atom. The summed E-state index contributed by atoms with van der Waals surface area (Å²) in [5, 5.41) is 20.9. The number of alkyl halides is 1. The summed E-state index contributed by atoms with van der Waals surface area (Å²) in [6, 6.07) is 26.4. The highest BCUT2D eigenvalue weighted by atomic mass is 35.5. The molecule has 0 saturated heterocycles. The molecular formula is C35H20ClF2N4O2PS. The van der Waals surface area contributed by atoms with Gasteiger partial charge in [0.05, 0.1) is 27.2 Å². The molecule has 224 valence electrons. The summed E-state index contributed by atoms with van der Waals surface area (Å²) in [6.45, 7) is 0. The van der Waals surface area contributed by atoms with Crippen LogP contribution in [0.5, 0.6) is 0 Å². The quantitative estimate of drug-likeness (QED) is 0.125. The Bertz CT molecular complexity index is 2260. The van der Waals surface area contributed by atoms with Crippen LogP contribution >= 0.6 is 20.8 Å². The third-order valence-corrected chi connectivity index (χ3v) is 9.55. The molecule has 0 amide bonds. The van der Waals surface area contributed by atoms with Crippen molar-refractivity contribution in [1.82, 2.24) is 8.96 Å². The molecule has 6 aromatic rings. The Morgan fingerprint density at radius 3 is 2.24 bits per heavy atom. The lowest BCUT2D eigenvalue weighted by Crippen LogP contribution is -2.07. The molecule has 0 aliphatic heterocycles. The first-order valence-corrected chi connectivity index (χ1v) is 15.8. The molecule has 4 aromatic carbocycles. The number of benzene rings is 4. The third-order valence-electron chi connectivity index (χ3n) is 7.47. The van der Waals surface area contributed by atoms with Crippen molar-refractivity contribution in [2.45, 2.75) is 10.8 Å². The van der Waals surface area contributed by atoms with Crippen LogP contribution in [0, 0.1) is 28.5 Å². The Kier molecular flexibility index (Phi) is 8.58. The van der Waals surface area contributed by atoms with Gasteiger partial charge in [0.1, 0.15) is 30.2 Å². The third kappa shape index (κ3) is 5.50. The number of pyridine rings is 1. The average Bonchev–Trinajstić information content (AvgIpc) is 3.41. The van der Waals surface area contributed by atoms with Gasteiger partial charge in [0.15, 0.2) is 11.0 Å². The smallest absolute Gasteiger partial charge is 0.157 e. The second-order valence-electron chi connectivity index (χ2n) is 10.2. The molecule has 46 heavy (non-hydrogen) atoms. The summed E-state index contributed by atoms with van der Waals surface area (Å²) in [6.07, 6.45) is 3.33. The maximum absolute atomic E-state index is 15.0. The van der Waals surface area contributed by atoms with Crippen LogP contribution in [0.3, 0.4) is 0 Å². The number of fused-ring (bicyclic) bond motifs is 1. The number of aldehydes is 1. The van der Waals surface area contributed by atoms with Crippen molar-refractivity contribution < 1.29 is 17.8 Å². The lowest BCUT2D eigenvalue weighted by Gasteiger charge is -2.15. The maximum atomic E-state index is 15.0. The van der Waals surface area contributed by atoms with Gasteiger partial charge in [-0.15, -0.1) is 0 Å². The zero-order valence-electron chi connectivity index (χ0n) is 23.6. The fourth-order valence-electron chi connectivity index (χ4n) is 5.37. The van der Waals surface area contributed by atoms with Crippen molar-refractivity contribution in [2.24, 2.45) is 0 Å². The van der Waals surface area contributed by atoms with Crippen molar-refractivity contribution in [3.05, 3.63) is 130 Å². The van der Waals surface area contributed by atoms with Gasteiger partial charge in [0.25, 0.3) is 0 Å². The zero-order chi connectivity index (χ0) is 32.5. The Balaban J connectivity index is 1.73. The highest BCUT2D eigenvalue weighted by molar-refractivity contribution is 7.83. The molecule has 0 spiro atoms. The van der Waals surface area contributed by atoms with Crippen LogP contribution < -0.4 is 0 Å². The van der Waals surface area contributed by atoms with E-state index in [0.29, 0.717) is 66.2 Å². The predicted octanol–water partition coefficient (Wildman–Crippen LogP) is 8.80. The largest absolute Gasteiger partial charge is 0.298 e. The fraction of sp³-hybridized carbons (Fsp3) is 0.0286. The molecular weight excluding hydrogens is 645 g/mol. The maximum Gasteiger partial charge on any atom is 0.157 e. The molecule has 0 radical (unpaired) electrons. The van der Waals surface area contributed by atoms with Gasteiger partial charge in [-0.3, -0.25) is 13.8 Å². The summed E-state index contributed by atoms with van der Waals surface area (Å²) in [7, 11) is 0.0970. The number of nitrogens with zero attached hydrogens (tertiary/aromatic N) is 4. The number of carbonyl (C=O) groups is 1. The van der Waals surface area contributed by atoms with E-state index in [2.05, 4.69) is 26.4 Å². The molecule has 6 nitrogen and oxygen atoms in total. The molecule has 0 N–H and O–H groups in total. The molecule has 0 aliphatic carbocycles. The van der Waals surface area contributed by atoms with Gasteiger partial charge in [-0.05, 0) is 53.6 Å². The lowest BCUT2D eigenvalue weighted by atomic mass is 9.92. The molecule has 0 bridgehead atoms. The molecule has 0 saturated carbocycles. The van der Waals surface area contributed by atoms with E-state index in [-0.39, 0.29) is 16.7 Å². The van der Waals surface area contributed by atoms with Gasteiger partial charge in [-0.1, -0.05) is 63.3 Å². The van der Waals surface area contributed by atoms with E-state index in [0.717, 1.165) is 0 Å². The number of carbonyl (C=O) groups excluding carboxylic acids is 1. The summed E-state index contributed by atoms with van der Waals surface area (Å²) in [5.74, 6) is -1.89. The van der Waals surface area contributed by atoms with Crippen molar-refractivity contribution >= 4 is 49.0 Å². The fourth-order valence-corrected chi connectivity index (χ4v) is 7.17. The van der Waals surface area contributed by atoms with E-state index in [1.807, 2.05) is 6.07 Å². The van der Waals surface area contributed by atoms with Crippen LogP contribution in [0.2, 0.25) is 5.02 Å². The number of halogens is 3. The Morgan fingerprint density at radius 2 is 1.61 bits per heavy atom. The second-order valence-corrected chi connectivity index (χ2v) is 12.5. The SMILES string of the molecule is N#Cc1cncc(C#N)c1-c1c(-c2cccc(-c3ccc(C=O)cc3Cl)c2)n(S(=O)c2ccc(C(F)P)cc2)c2ccc(F)cc12. The minimum absolute atomic E-state index is 0.0665. The summed E-state index contributed by atoms with van der Waals surface area (Å²) in [5.41, 5.74) is 3.94. The van der Waals surface area contributed by atoms with Crippen LogP contribution in [0.4, 0.5) is 8.78 Å². The van der Waals surface area contributed by atoms with Crippen LogP contribution in [0.1, 0.15) is 33.0 Å². The summed E-state index contributed by atoms with van der Waals surface area (Å²) in [4.78, 5) is 15.7. The Hall–Kier alpha value is -5.05. The van der Waals surface area contributed by atoms with Gasteiger partial charge in [-0.2, -0.15) is 10.5 Å². The molecule has 2 heterocycles. The lowest BCUT2D eigenvalue weighted by molar-refractivity contribution is 0.112. The highest BCUT2D eigenvalue weighted by Crippen LogP contribution is 2.45. The van der Waals surface area contributed by atoms with E-state index < -0.39 is 22.7 Å². The average molecular weight is 665 g/mol. The minimum atomic E-state index is -1.97. The standard InChI is InChI=1S/C35H20ClF2N4O2PS/c36-30-12-20(19-43)4-10-28(30)22-2-1-3-23(13-22)34-33(32-24(15-39)17-41-18-25(32)16-40)29-14-26(37)7-11-31(29)42(34)46(44)27-8-5-21(6-9-27)35(38)45/h1-14,17-19,35H,45H2. The molecule has 11 heteroatoms. The van der Waals surface area contributed by atoms with Crippen LogP contribution in [-0.2, 0) is 11.0 Å². The van der Waals surface area contributed by atoms with Gasteiger partial charge in [-0.25, -0.2) is 13.0 Å². The summed E-state index contributed by atoms with van der Waals surface area (Å²) >= 11 is 6.56. The van der Waals surface area contributed by atoms with Crippen molar-refractivity contribution in [3.63, 3.8) is 0 Å². The molecule has 2 aromatic heterocycles. The van der Waals surface area contributed by atoms with E-state index in [1.165, 1.54) is 46.7 Å².